The van der Waals surface area contributed by atoms with Crippen molar-refractivity contribution in [2.45, 2.75) is 24.8 Å². The van der Waals surface area contributed by atoms with Gasteiger partial charge >= 0.3 is 0 Å². The molecule has 0 unspecified atom stereocenters. The van der Waals surface area contributed by atoms with Crippen molar-refractivity contribution in [3.8, 4) is 17.3 Å². The first kappa shape index (κ1) is 19.3. The second-order valence-corrected chi connectivity index (χ2v) is 6.98. The van der Waals surface area contributed by atoms with E-state index in [1.807, 2.05) is 19.1 Å². The largest absolute Gasteiger partial charge is 0.382 e. The highest BCUT2D eigenvalue weighted by Gasteiger charge is 2.15. The van der Waals surface area contributed by atoms with Crippen LogP contribution in [0.2, 0.25) is 0 Å². The van der Waals surface area contributed by atoms with Crippen LogP contribution in [0.5, 0.6) is 0 Å². The average molecular weight is 390 g/mol. The number of carbonyl (C=O) groups excluding carboxylic acids is 1. The molecule has 0 fully saturated rings. The number of benzene rings is 1. The van der Waals surface area contributed by atoms with Crippen molar-refractivity contribution in [2.75, 3.05) is 11.1 Å². The van der Waals surface area contributed by atoms with E-state index in [-0.39, 0.29) is 17.3 Å². The molecule has 0 bridgehead atoms. The molecule has 1 aromatic carbocycles. The Kier molecular flexibility index (Phi) is 5.87. The number of thioether (sulfide) groups is 1. The highest BCUT2D eigenvalue weighted by molar-refractivity contribution is 7.98. The number of rotatable bonds is 5. The summed E-state index contributed by atoms with van der Waals surface area (Å²) in [5, 5.41) is 12.7. The fourth-order valence-electron chi connectivity index (χ4n) is 2.56. The second-order valence-electron chi connectivity index (χ2n) is 6.04. The van der Waals surface area contributed by atoms with Gasteiger partial charge in [-0.15, -0.1) is 0 Å². The van der Waals surface area contributed by atoms with Crippen molar-refractivity contribution in [1.29, 1.82) is 5.26 Å². The number of nitrogen functional groups attached to an aromatic ring is 1. The van der Waals surface area contributed by atoms with Gasteiger partial charge in [0.2, 0.25) is 5.91 Å². The van der Waals surface area contributed by atoms with Crippen LogP contribution in [0.15, 0.2) is 47.8 Å². The number of aromatic nitrogens is 3. The van der Waals surface area contributed by atoms with Crippen LogP contribution in [0, 0.1) is 18.3 Å². The maximum atomic E-state index is 11.2. The van der Waals surface area contributed by atoms with E-state index in [1.165, 1.54) is 18.7 Å². The van der Waals surface area contributed by atoms with Gasteiger partial charge in [-0.05, 0) is 30.7 Å². The third-order valence-corrected chi connectivity index (χ3v) is 4.82. The van der Waals surface area contributed by atoms with Crippen LogP contribution in [0.1, 0.15) is 23.7 Å². The molecule has 28 heavy (non-hydrogen) atoms. The molecule has 3 N–H and O–H groups in total. The summed E-state index contributed by atoms with van der Waals surface area (Å²) in [7, 11) is 0. The molecule has 0 saturated heterocycles. The van der Waals surface area contributed by atoms with E-state index in [4.69, 9.17) is 5.73 Å². The van der Waals surface area contributed by atoms with E-state index in [0.717, 1.165) is 16.8 Å². The molecule has 3 aromatic rings. The SMILES string of the molecule is CC(=O)Nc1ccc(-c2nc(SCc3ncccc3C)nc(N)c2C#N)cc1. The minimum absolute atomic E-state index is 0.138. The number of nitrogens with two attached hydrogens (primary N) is 1. The monoisotopic (exact) mass is 390 g/mol. The van der Waals surface area contributed by atoms with Crippen molar-refractivity contribution in [1.82, 2.24) is 15.0 Å². The standard InChI is InChI=1S/C20H18N6OS/c1-12-4-3-9-23-17(12)11-28-20-25-18(16(10-21)19(22)26-20)14-5-7-15(8-6-14)24-13(2)27/h3-9H,11H2,1-2H3,(H,24,27)(H2,22,25,26). The molecule has 0 aliphatic rings. The average Bonchev–Trinajstić information content (AvgIpc) is 2.67. The van der Waals surface area contributed by atoms with Crippen molar-refractivity contribution in [3.63, 3.8) is 0 Å². The summed E-state index contributed by atoms with van der Waals surface area (Å²) >= 11 is 1.41. The molecule has 0 atom stereocenters. The number of hydrogen-bond donors (Lipinski definition) is 2. The Hall–Kier alpha value is -3.44. The zero-order valence-corrected chi connectivity index (χ0v) is 16.2. The first-order valence-corrected chi connectivity index (χ1v) is 9.45. The van der Waals surface area contributed by atoms with Crippen molar-refractivity contribution in [2.24, 2.45) is 0 Å². The van der Waals surface area contributed by atoms with Crippen molar-refractivity contribution < 1.29 is 4.79 Å². The molecule has 0 aliphatic carbocycles. The predicted molar refractivity (Wildman–Crippen MR) is 109 cm³/mol. The predicted octanol–water partition coefficient (Wildman–Crippen LogP) is 3.55. The maximum absolute atomic E-state index is 11.2. The van der Waals surface area contributed by atoms with Crippen LogP contribution < -0.4 is 11.1 Å². The van der Waals surface area contributed by atoms with Crippen LogP contribution >= 0.6 is 11.8 Å². The van der Waals surface area contributed by atoms with Gasteiger partial charge in [0, 0.05) is 30.1 Å². The Labute approximate surface area is 167 Å². The van der Waals surface area contributed by atoms with Gasteiger partial charge < -0.3 is 11.1 Å². The number of hydrogen-bond acceptors (Lipinski definition) is 7. The van der Waals surface area contributed by atoms with Crippen LogP contribution in [-0.2, 0) is 10.5 Å². The first-order valence-electron chi connectivity index (χ1n) is 8.47. The molecular formula is C20H18N6OS. The lowest BCUT2D eigenvalue weighted by atomic mass is 10.1. The van der Waals surface area contributed by atoms with Gasteiger partial charge in [0.1, 0.15) is 17.5 Å². The lowest BCUT2D eigenvalue weighted by molar-refractivity contribution is -0.114. The molecule has 0 aliphatic heterocycles. The van der Waals surface area contributed by atoms with Crippen molar-refractivity contribution >= 4 is 29.2 Å². The second kappa shape index (κ2) is 8.50. The van der Waals surface area contributed by atoms with Crippen molar-refractivity contribution in [3.05, 3.63) is 59.4 Å². The summed E-state index contributed by atoms with van der Waals surface area (Å²) < 4.78 is 0. The Morgan fingerprint density at radius 2 is 2.00 bits per heavy atom. The van der Waals surface area contributed by atoms with E-state index in [0.29, 0.717) is 22.3 Å². The first-order chi connectivity index (χ1) is 13.5. The lowest BCUT2D eigenvalue weighted by Crippen LogP contribution is -2.05. The molecule has 2 aromatic heterocycles. The summed E-state index contributed by atoms with van der Waals surface area (Å²) in [5.74, 6) is 0.581. The van der Waals surface area contributed by atoms with Gasteiger partial charge in [-0.2, -0.15) is 5.26 Å². The van der Waals surface area contributed by atoms with Gasteiger partial charge in [0.15, 0.2) is 5.16 Å². The van der Waals surface area contributed by atoms with Gasteiger partial charge in [-0.25, -0.2) is 9.97 Å². The lowest BCUT2D eigenvalue weighted by Gasteiger charge is -2.10. The number of nitrogens with zero attached hydrogens (tertiary/aromatic N) is 4. The van der Waals surface area contributed by atoms with Crippen LogP contribution in [-0.4, -0.2) is 20.9 Å². The smallest absolute Gasteiger partial charge is 0.221 e. The minimum Gasteiger partial charge on any atom is -0.382 e. The molecule has 0 radical (unpaired) electrons. The Morgan fingerprint density at radius 1 is 1.25 bits per heavy atom. The molecule has 2 heterocycles. The summed E-state index contributed by atoms with van der Waals surface area (Å²) in [6, 6.07) is 13.0. The number of pyridine rings is 1. The Morgan fingerprint density at radius 3 is 2.64 bits per heavy atom. The summed E-state index contributed by atoms with van der Waals surface area (Å²) in [4.78, 5) is 24.3. The van der Waals surface area contributed by atoms with E-state index >= 15 is 0 Å². The van der Waals surface area contributed by atoms with Crippen LogP contribution in [0.3, 0.4) is 0 Å². The van der Waals surface area contributed by atoms with Gasteiger partial charge in [0.25, 0.3) is 0 Å². The molecule has 1 amide bonds. The topological polar surface area (TPSA) is 118 Å². The van der Waals surface area contributed by atoms with Gasteiger partial charge in [0.05, 0.1) is 11.4 Å². The zero-order chi connectivity index (χ0) is 20.1. The molecule has 0 saturated carbocycles. The zero-order valence-electron chi connectivity index (χ0n) is 15.4. The van der Waals surface area contributed by atoms with E-state index in [2.05, 4.69) is 26.3 Å². The number of amides is 1. The quantitative estimate of drug-likeness (QED) is 0.505. The number of nitriles is 1. The summed E-state index contributed by atoms with van der Waals surface area (Å²) in [6.45, 7) is 3.44. The Balaban J connectivity index is 1.91. The summed E-state index contributed by atoms with van der Waals surface area (Å²) in [5.41, 5.74) is 10.1. The number of aryl methyl sites for hydroxylation is 1. The highest BCUT2D eigenvalue weighted by atomic mass is 32.2. The summed E-state index contributed by atoms with van der Waals surface area (Å²) in [6.07, 6.45) is 1.75. The van der Waals surface area contributed by atoms with Gasteiger partial charge in [-0.3, -0.25) is 9.78 Å². The number of carbonyl (C=O) groups is 1. The Bertz CT molecular complexity index is 1060. The fourth-order valence-corrected chi connectivity index (χ4v) is 3.44. The number of anilines is 2. The normalized spacial score (nSPS) is 10.3. The maximum Gasteiger partial charge on any atom is 0.221 e. The molecular weight excluding hydrogens is 372 g/mol. The van der Waals surface area contributed by atoms with Gasteiger partial charge in [-0.1, -0.05) is 30.0 Å². The molecule has 140 valence electrons. The van der Waals surface area contributed by atoms with Crippen LogP contribution in [0.25, 0.3) is 11.3 Å². The third-order valence-electron chi connectivity index (χ3n) is 3.96. The molecule has 0 spiro atoms. The molecule has 7 nitrogen and oxygen atoms in total. The fraction of sp³-hybridized carbons (Fsp3) is 0.150. The molecule has 8 heteroatoms. The van der Waals surface area contributed by atoms with E-state index in [9.17, 15) is 10.1 Å². The molecule has 3 rings (SSSR count). The third kappa shape index (κ3) is 4.45. The van der Waals surface area contributed by atoms with E-state index < -0.39 is 0 Å². The van der Waals surface area contributed by atoms with Crippen LogP contribution in [0.4, 0.5) is 11.5 Å². The number of nitrogens with one attached hydrogen (secondary N) is 1. The minimum atomic E-state index is -0.153. The highest BCUT2D eigenvalue weighted by Crippen LogP contribution is 2.29. The van der Waals surface area contributed by atoms with E-state index in [1.54, 1.807) is 30.5 Å².